The van der Waals surface area contributed by atoms with E-state index >= 15 is 0 Å². The van der Waals surface area contributed by atoms with Gasteiger partial charge in [-0.1, -0.05) is 28.9 Å². The van der Waals surface area contributed by atoms with Gasteiger partial charge in [-0.15, -0.1) is 5.10 Å². The van der Waals surface area contributed by atoms with Crippen LogP contribution in [0.3, 0.4) is 0 Å². The third-order valence-corrected chi connectivity index (χ3v) is 4.48. The Kier molecular flexibility index (Phi) is 6.80. The molecule has 0 spiro atoms. The summed E-state index contributed by atoms with van der Waals surface area (Å²) in [6.07, 6.45) is 3.57. The van der Waals surface area contributed by atoms with Gasteiger partial charge in [-0.2, -0.15) is 5.10 Å². The Hall–Kier alpha value is -2.18. The van der Waals surface area contributed by atoms with Crippen molar-refractivity contribution in [2.75, 3.05) is 19.7 Å². The molecule has 1 N–H and O–H groups in total. The van der Waals surface area contributed by atoms with Crippen molar-refractivity contribution in [1.82, 2.24) is 15.5 Å². The number of ether oxygens (including phenoxy) is 1. The van der Waals surface area contributed by atoms with E-state index in [-0.39, 0.29) is 6.10 Å². The molecule has 1 saturated heterocycles. The number of hydrogen-bond donors (Lipinski definition) is 1. The van der Waals surface area contributed by atoms with Gasteiger partial charge < -0.3 is 14.9 Å². The van der Waals surface area contributed by atoms with E-state index in [2.05, 4.69) is 20.7 Å². The fourth-order valence-electron chi connectivity index (χ4n) is 3.01. The Morgan fingerprint density at radius 2 is 2.12 bits per heavy atom. The van der Waals surface area contributed by atoms with Crippen LogP contribution in [0.4, 0.5) is 0 Å². The van der Waals surface area contributed by atoms with Crippen molar-refractivity contribution in [3.8, 4) is 5.75 Å². The number of benzene rings is 1. The predicted molar refractivity (Wildman–Crippen MR) is 102 cm³/mol. The first kappa shape index (κ1) is 18.6. The molecule has 7 heteroatoms. The number of piperidine rings is 1. The van der Waals surface area contributed by atoms with Gasteiger partial charge in [0.1, 0.15) is 24.2 Å². The highest BCUT2D eigenvalue weighted by molar-refractivity contribution is 6.29. The molecule has 0 saturated carbocycles. The molecule has 0 aliphatic carbocycles. The summed E-state index contributed by atoms with van der Waals surface area (Å²) in [5.74, 6) is 1.14. The van der Waals surface area contributed by atoms with Crippen molar-refractivity contribution in [2.24, 2.45) is 11.1 Å². The summed E-state index contributed by atoms with van der Waals surface area (Å²) in [5, 5.41) is 15.9. The molecule has 3 rings (SSSR count). The minimum Gasteiger partial charge on any atom is -0.484 e. The Balaban J connectivity index is 1.81. The predicted octanol–water partition coefficient (Wildman–Crippen LogP) is 3.62. The van der Waals surface area contributed by atoms with Crippen LogP contribution in [0.25, 0.3) is 0 Å². The number of hydrogen-bond acceptors (Lipinski definition) is 6. The smallest absolute Gasteiger partial charge is 0.151 e. The Morgan fingerprint density at radius 3 is 2.85 bits per heavy atom. The van der Waals surface area contributed by atoms with Crippen molar-refractivity contribution < 1.29 is 9.57 Å². The molecule has 1 aliphatic rings. The molecule has 1 aliphatic heterocycles. The molecule has 0 bridgehead atoms. The van der Waals surface area contributed by atoms with Crippen LogP contribution in [-0.2, 0) is 4.84 Å². The summed E-state index contributed by atoms with van der Waals surface area (Å²) < 4.78 is 6.35. The van der Waals surface area contributed by atoms with Crippen molar-refractivity contribution in [1.29, 1.82) is 0 Å². The average Bonchev–Trinajstić information content (AvgIpc) is 2.68. The lowest BCUT2D eigenvalue weighted by Gasteiger charge is -2.30. The van der Waals surface area contributed by atoms with Gasteiger partial charge in [0.2, 0.25) is 0 Å². The highest BCUT2D eigenvalue weighted by Gasteiger charge is 2.28. The van der Waals surface area contributed by atoms with E-state index in [1.807, 2.05) is 37.3 Å². The molecule has 6 nitrogen and oxygen atoms in total. The third-order valence-electron chi connectivity index (χ3n) is 4.28. The normalized spacial score (nSPS) is 16.5. The van der Waals surface area contributed by atoms with Crippen molar-refractivity contribution in [3.05, 3.63) is 52.8 Å². The monoisotopic (exact) mass is 374 g/mol. The van der Waals surface area contributed by atoms with Crippen molar-refractivity contribution in [2.45, 2.75) is 25.9 Å². The van der Waals surface area contributed by atoms with E-state index in [0.717, 1.165) is 42.9 Å². The largest absolute Gasteiger partial charge is 0.484 e. The second-order valence-electron chi connectivity index (χ2n) is 6.13. The number of halogens is 1. The van der Waals surface area contributed by atoms with Gasteiger partial charge in [0.25, 0.3) is 0 Å². The van der Waals surface area contributed by atoms with Gasteiger partial charge in [0.05, 0.1) is 6.21 Å². The number of aromatic nitrogens is 2. The molecule has 1 fully saturated rings. The van der Waals surface area contributed by atoms with Gasteiger partial charge in [0.15, 0.2) is 5.15 Å². The number of oxime groups is 1. The third kappa shape index (κ3) is 5.16. The zero-order chi connectivity index (χ0) is 18.2. The van der Waals surface area contributed by atoms with Crippen LogP contribution in [-0.4, -0.2) is 36.1 Å². The fourth-order valence-corrected chi connectivity index (χ4v) is 3.11. The summed E-state index contributed by atoms with van der Waals surface area (Å²) in [7, 11) is 0. The number of nitrogens with one attached hydrogen (secondary N) is 1. The van der Waals surface area contributed by atoms with E-state index in [9.17, 15) is 0 Å². The second kappa shape index (κ2) is 9.50. The summed E-state index contributed by atoms with van der Waals surface area (Å²) in [6, 6.07) is 11.4. The summed E-state index contributed by atoms with van der Waals surface area (Å²) in [4.78, 5) is 5.03. The van der Waals surface area contributed by atoms with Crippen molar-refractivity contribution >= 4 is 17.8 Å². The fraction of sp³-hybridized carbons (Fsp3) is 0.421. The van der Waals surface area contributed by atoms with Gasteiger partial charge in [-0.25, -0.2) is 0 Å². The minimum absolute atomic E-state index is 0.166. The first-order valence-corrected chi connectivity index (χ1v) is 9.26. The second-order valence-corrected chi connectivity index (χ2v) is 6.52. The molecule has 1 atom stereocenters. The highest BCUT2D eigenvalue weighted by Crippen LogP contribution is 2.32. The first-order valence-electron chi connectivity index (χ1n) is 8.88. The van der Waals surface area contributed by atoms with Gasteiger partial charge in [-0.05, 0) is 62.7 Å². The number of nitrogens with zero attached hydrogens (tertiary/aromatic N) is 3. The van der Waals surface area contributed by atoms with Gasteiger partial charge in [-0.3, -0.25) is 0 Å². The standard InChI is InChI=1S/C19H23ClN4O2/c1-2-25-22-13-14-4-3-5-16(12-14)26-19(15-8-10-21-11-9-15)17-6-7-18(20)24-23-17/h3-7,12-13,15,19,21H,2,8-11H2,1H3. The average molecular weight is 375 g/mol. The van der Waals surface area contributed by atoms with Crippen LogP contribution in [0.15, 0.2) is 41.6 Å². The van der Waals surface area contributed by atoms with Gasteiger partial charge >= 0.3 is 0 Å². The van der Waals surface area contributed by atoms with E-state index in [1.165, 1.54) is 0 Å². The van der Waals surface area contributed by atoms with E-state index in [4.69, 9.17) is 21.2 Å². The Labute approximate surface area is 158 Å². The lowest BCUT2D eigenvalue weighted by Crippen LogP contribution is -2.33. The zero-order valence-electron chi connectivity index (χ0n) is 14.8. The maximum absolute atomic E-state index is 6.35. The number of rotatable bonds is 7. The van der Waals surface area contributed by atoms with Crippen LogP contribution >= 0.6 is 11.6 Å². The first-order chi connectivity index (χ1) is 12.8. The van der Waals surface area contributed by atoms with E-state index in [1.54, 1.807) is 12.3 Å². The van der Waals surface area contributed by atoms with Crippen LogP contribution in [0.1, 0.15) is 37.1 Å². The molecule has 1 aromatic carbocycles. The van der Waals surface area contributed by atoms with E-state index < -0.39 is 0 Å². The van der Waals surface area contributed by atoms with Crippen LogP contribution in [0.5, 0.6) is 5.75 Å². The van der Waals surface area contributed by atoms with Crippen LogP contribution in [0.2, 0.25) is 5.15 Å². The zero-order valence-corrected chi connectivity index (χ0v) is 15.5. The summed E-state index contributed by atoms with van der Waals surface area (Å²) in [5.41, 5.74) is 1.72. The van der Waals surface area contributed by atoms with E-state index in [0.29, 0.717) is 17.7 Å². The molecule has 1 unspecified atom stereocenters. The molecule has 2 aromatic rings. The quantitative estimate of drug-likeness (QED) is 0.592. The minimum atomic E-state index is -0.166. The molecular weight excluding hydrogens is 352 g/mol. The maximum atomic E-state index is 6.35. The van der Waals surface area contributed by atoms with Crippen molar-refractivity contribution in [3.63, 3.8) is 0 Å². The molecule has 26 heavy (non-hydrogen) atoms. The van der Waals surface area contributed by atoms with Crippen LogP contribution in [0, 0.1) is 5.92 Å². The maximum Gasteiger partial charge on any atom is 0.151 e. The van der Waals surface area contributed by atoms with Gasteiger partial charge in [0, 0.05) is 5.92 Å². The molecule has 138 valence electrons. The Morgan fingerprint density at radius 1 is 1.27 bits per heavy atom. The molecule has 0 amide bonds. The molecule has 1 aromatic heterocycles. The van der Waals surface area contributed by atoms with Crippen LogP contribution < -0.4 is 10.1 Å². The topological polar surface area (TPSA) is 68.6 Å². The lowest BCUT2D eigenvalue weighted by molar-refractivity contribution is 0.108. The molecule has 2 heterocycles. The highest BCUT2D eigenvalue weighted by atomic mass is 35.5. The SMILES string of the molecule is CCON=Cc1cccc(OC(c2ccc(Cl)nn2)C2CCNCC2)c1. The lowest BCUT2D eigenvalue weighted by atomic mass is 9.90. The summed E-state index contributed by atoms with van der Waals surface area (Å²) >= 11 is 5.89. The molecular formula is C19H23ClN4O2. The molecule has 0 radical (unpaired) electrons. The summed E-state index contributed by atoms with van der Waals surface area (Å²) in [6.45, 7) is 4.40. The Bertz CT molecular complexity index is 718.